The zero-order valence-electron chi connectivity index (χ0n) is 17.1. The van der Waals surface area contributed by atoms with E-state index in [1.54, 1.807) is 24.3 Å². The Morgan fingerprint density at radius 2 is 1.62 bits per heavy atom. The summed E-state index contributed by atoms with van der Waals surface area (Å²) >= 11 is 0. The second kappa shape index (κ2) is 8.76. The number of ether oxygens (including phenoxy) is 1. The predicted molar refractivity (Wildman–Crippen MR) is 106 cm³/mol. The molecular formula is C22H28N2O5. The highest BCUT2D eigenvalue weighted by atomic mass is 16.5. The summed E-state index contributed by atoms with van der Waals surface area (Å²) in [6, 6.07) is 5.56. The molecule has 3 amide bonds. The van der Waals surface area contributed by atoms with Crippen molar-refractivity contribution in [2.24, 2.45) is 5.92 Å². The van der Waals surface area contributed by atoms with Gasteiger partial charge in [0.05, 0.1) is 11.1 Å². The molecule has 1 N–H and O–H groups in total. The van der Waals surface area contributed by atoms with Crippen molar-refractivity contribution in [1.29, 1.82) is 0 Å². The quantitative estimate of drug-likeness (QED) is 0.561. The number of carbonyl (C=O) groups excluding carboxylic acids is 4. The maximum atomic E-state index is 12.9. The average molecular weight is 400 g/mol. The molecule has 1 aromatic carbocycles. The first-order valence-corrected chi connectivity index (χ1v) is 10.3. The molecule has 0 unspecified atom stereocenters. The summed E-state index contributed by atoms with van der Waals surface area (Å²) in [4.78, 5) is 51.9. The first-order valence-electron chi connectivity index (χ1n) is 10.3. The van der Waals surface area contributed by atoms with Gasteiger partial charge < -0.3 is 10.1 Å². The summed E-state index contributed by atoms with van der Waals surface area (Å²) in [5.41, 5.74) is 0.567. The minimum atomic E-state index is -1.07. The van der Waals surface area contributed by atoms with Crippen molar-refractivity contribution >= 4 is 23.7 Å². The van der Waals surface area contributed by atoms with E-state index in [4.69, 9.17) is 4.74 Å². The van der Waals surface area contributed by atoms with E-state index in [0.717, 1.165) is 30.6 Å². The zero-order valence-corrected chi connectivity index (χ0v) is 17.1. The maximum absolute atomic E-state index is 12.9. The van der Waals surface area contributed by atoms with Crippen LogP contribution in [0.15, 0.2) is 24.3 Å². The lowest BCUT2D eigenvalue weighted by molar-refractivity contribution is -0.159. The van der Waals surface area contributed by atoms with Gasteiger partial charge in [0.2, 0.25) is 0 Å². The van der Waals surface area contributed by atoms with E-state index < -0.39 is 29.9 Å². The maximum Gasteiger partial charge on any atom is 0.330 e. The topological polar surface area (TPSA) is 92.8 Å². The number of nitrogens with one attached hydrogen (secondary N) is 1. The van der Waals surface area contributed by atoms with Gasteiger partial charge in [-0.2, -0.15) is 0 Å². The fourth-order valence-electron chi connectivity index (χ4n) is 3.94. The Hall–Kier alpha value is -2.70. The van der Waals surface area contributed by atoms with Gasteiger partial charge in [-0.15, -0.1) is 0 Å². The van der Waals surface area contributed by atoms with E-state index in [0.29, 0.717) is 0 Å². The summed E-state index contributed by atoms with van der Waals surface area (Å²) in [5.74, 6) is -2.05. The summed E-state index contributed by atoms with van der Waals surface area (Å²) in [6.07, 6.45) is 3.29. The first kappa shape index (κ1) is 21.0. The second-order valence-electron chi connectivity index (χ2n) is 8.24. The molecular weight excluding hydrogens is 372 g/mol. The van der Waals surface area contributed by atoms with Crippen LogP contribution in [0.4, 0.5) is 0 Å². The third-order valence-electron chi connectivity index (χ3n) is 5.47. The highest BCUT2D eigenvalue weighted by Gasteiger charge is 2.44. The Morgan fingerprint density at radius 3 is 2.14 bits per heavy atom. The van der Waals surface area contributed by atoms with Gasteiger partial charge in [-0.25, -0.2) is 4.79 Å². The number of hydrogen-bond acceptors (Lipinski definition) is 5. The molecule has 3 rings (SSSR count). The SMILES string of the molecule is CC(C)C[C@@H](C(=O)O[C@H](C)C(=O)NC1CCCC1)N1C(=O)c2ccccc2C1=O. The Labute approximate surface area is 170 Å². The van der Waals surface area contributed by atoms with E-state index in [2.05, 4.69) is 5.32 Å². The summed E-state index contributed by atoms with van der Waals surface area (Å²) < 4.78 is 5.40. The molecule has 1 aromatic rings. The van der Waals surface area contributed by atoms with Gasteiger partial charge in [0, 0.05) is 6.04 Å². The number of imide groups is 1. The highest BCUT2D eigenvalue weighted by molar-refractivity contribution is 6.22. The highest BCUT2D eigenvalue weighted by Crippen LogP contribution is 2.27. The fraction of sp³-hybridized carbons (Fsp3) is 0.545. The van der Waals surface area contributed by atoms with Crippen LogP contribution in [-0.4, -0.2) is 46.8 Å². The number of benzene rings is 1. The molecule has 0 aromatic heterocycles. The first-order chi connectivity index (χ1) is 13.8. The van der Waals surface area contributed by atoms with Crippen LogP contribution in [0, 0.1) is 5.92 Å². The number of fused-ring (bicyclic) bond motifs is 1. The van der Waals surface area contributed by atoms with Crippen molar-refractivity contribution < 1.29 is 23.9 Å². The van der Waals surface area contributed by atoms with Crippen LogP contribution >= 0.6 is 0 Å². The summed E-state index contributed by atoms with van der Waals surface area (Å²) in [6.45, 7) is 5.31. The molecule has 0 saturated heterocycles. The normalized spacial score (nSPS) is 18.7. The minimum absolute atomic E-state index is 0.0412. The van der Waals surface area contributed by atoms with E-state index >= 15 is 0 Å². The Kier molecular flexibility index (Phi) is 6.35. The van der Waals surface area contributed by atoms with Crippen molar-refractivity contribution in [2.75, 3.05) is 0 Å². The van der Waals surface area contributed by atoms with Gasteiger partial charge in [-0.1, -0.05) is 38.8 Å². The van der Waals surface area contributed by atoms with E-state index in [9.17, 15) is 19.2 Å². The number of carbonyl (C=O) groups is 4. The van der Waals surface area contributed by atoms with Gasteiger partial charge in [-0.05, 0) is 44.2 Å². The Bertz CT molecular complexity index is 778. The van der Waals surface area contributed by atoms with Crippen LogP contribution in [0.5, 0.6) is 0 Å². The minimum Gasteiger partial charge on any atom is -0.451 e. The molecule has 1 fully saturated rings. The number of rotatable bonds is 7. The third-order valence-corrected chi connectivity index (χ3v) is 5.47. The van der Waals surface area contributed by atoms with E-state index in [1.807, 2.05) is 13.8 Å². The van der Waals surface area contributed by atoms with Crippen molar-refractivity contribution in [3.05, 3.63) is 35.4 Å². The molecule has 0 radical (unpaired) electrons. The van der Waals surface area contributed by atoms with Gasteiger partial charge in [0.15, 0.2) is 6.10 Å². The number of amides is 3. The lowest BCUT2D eigenvalue weighted by atomic mass is 10.0. The average Bonchev–Trinajstić information content (AvgIpc) is 3.27. The molecule has 7 heteroatoms. The molecule has 1 aliphatic heterocycles. The Balaban J connectivity index is 1.73. The molecule has 2 atom stereocenters. The Morgan fingerprint density at radius 1 is 1.07 bits per heavy atom. The molecule has 1 aliphatic carbocycles. The molecule has 29 heavy (non-hydrogen) atoms. The number of nitrogens with zero attached hydrogens (tertiary/aromatic N) is 1. The molecule has 0 spiro atoms. The van der Waals surface area contributed by atoms with Gasteiger partial charge in [0.1, 0.15) is 6.04 Å². The standard InChI is InChI=1S/C22H28N2O5/c1-13(2)12-18(24-20(26)16-10-6-7-11-17(16)21(24)27)22(28)29-14(3)19(25)23-15-8-4-5-9-15/h6-7,10-11,13-15,18H,4-5,8-9,12H2,1-3H3,(H,23,25)/t14-,18+/m1/s1. The van der Waals surface area contributed by atoms with Gasteiger partial charge in [0.25, 0.3) is 17.7 Å². The van der Waals surface area contributed by atoms with Crippen LogP contribution in [0.2, 0.25) is 0 Å². The molecule has 156 valence electrons. The molecule has 0 bridgehead atoms. The van der Waals surface area contributed by atoms with Crippen molar-refractivity contribution in [1.82, 2.24) is 10.2 Å². The molecule has 1 saturated carbocycles. The van der Waals surface area contributed by atoms with E-state index in [-0.39, 0.29) is 35.4 Å². The van der Waals surface area contributed by atoms with Crippen molar-refractivity contribution in [2.45, 2.75) is 71.1 Å². The van der Waals surface area contributed by atoms with Crippen molar-refractivity contribution in [3.63, 3.8) is 0 Å². The predicted octanol–water partition coefficient (Wildman–Crippen LogP) is 2.69. The van der Waals surface area contributed by atoms with Crippen LogP contribution in [0.3, 0.4) is 0 Å². The molecule has 2 aliphatic rings. The fourth-order valence-corrected chi connectivity index (χ4v) is 3.94. The van der Waals surface area contributed by atoms with Gasteiger partial charge in [-0.3, -0.25) is 19.3 Å². The van der Waals surface area contributed by atoms with Crippen LogP contribution in [0.1, 0.15) is 73.6 Å². The van der Waals surface area contributed by atoms with E-state index in [1.165, 1.54) is 6.92 Å². The summed E-state index contributed by atoms with van der Waals surface area (Å²) in [5, 5.41) is 2.90. The second-order valence-corrected chi connectivity index (χ2v) is 8.24. The summed E-state index contributed by atoms with van der Waals surface area (Å²) in [7, 11) is 0. The largest absolute Gasteiger partial charge is 0.451 e. The number of hydrogen-bond donors (Lipinski definition) is 1. The molecule has 1 heterocycles. The molecule has 7 nitrogen and oxygen atoms in total. The monoisotopic (exact) mass is 400 g/mol. The van der Waals surface area contributed by atoms with Crippen LogP contribution < -0.4 is 5.32 Å². The van der Waals surface area contributed by atoms with Crippen molar-refractivity contribution in [3.8, 4) is 0 Å². The smallest absolute Gasteiger partial charge is 0.330 e. The lowest BCUT2D eigenvalue weighted by Gasteiger charge is -2.27. The third kappa shape index (κ3) is 4.49. The van der Waals surface area contributed by atoms with Crippen LogP contribution in [-0.2, 0) is 14.3 Å². The zero-order chi connectivity index (χ0) is 21.1. The van der Waals surface area contributed by atoms with Gasteiger partial charge >= 0.3 is 5.97 Å². The lowest BCUT2D eigenvalue weighted by Crippen LogP contribution is -2.49. The van der Waals surface area contributed by atoms with Crippen LogP contribution in [0.25, 0.3) is 0 Å². The number of esters is 1.